The van der Waals surface area contributed by atoms with Crippen LogP contribution < -0.4 is 0 Å². The second-order valence-corrected chi connectivity index (χ2v) is 6.56. The molecule has 0 aromatic heterocycles. The van der Waals surface area contributed by atoms with Gasteiger partial charge < -0.3 is 9.47 Å². The molecule has 1 amide bonds. The summed E-state index contributed by atoms with van der Waals surface area (Å²) in [4.78, 5) is 26.6. The van der Waals surface area contributed by atoms with Gasteiger partial charge in [0.05, 0.1) is 7.11 Å². The molecule has 1 aliphatic rings. The summed E-state index contributed by atoms with van der Waals surface area (Å²) in [5, 5.41) is 0. The molecule has 1 aromatic carbocycles. The predicted molar refractivity (Wildman–Crippen MR) is 91.3 cm³/mol. The molecular weight excluding hydrogens is 306 g/mol. The zero-order valence-electron chi connectivity index (χ0n) is 14.6. The maximum Gasteiger partial charge on any atom is 0.411 e. The van der Waals surface area contributed by atoms with E-state index < -0.39 is 23.0 Å². The minimum Gasteiger partial charge on any atom is -0.467 e. The van der Waals surface area contributed by atoms with Crippen LogP contribution >= 0.6 is 0 Å². The molecule has 0 spiro atoms. The number of carbonyl (C=O) groups excluding carboxylic acids is 2. The summed E-state index contributed by atoms with van der Waals surface area (Å²) in [6, 6.07) is 9.45. The first-order valence-electron chi connectivity index (χ1n) is 8.06. The maximum atomic E-state index is 12.6. The zero-order valence-corrected chi connectivity index (χ0v) is 14.6. The van der Waals surface area contributed by atoms with Gasteiger partial charge >= 0.3 is 12.1 Å². The minimum atomic E-state index is -1.08. The highest BCUT2D eigenvalue weighted by Gasteiger charge is 2.60. The molecule has 2 atom stereocenters. The third-order valence-electron chi connectivity index (χ3n) is 5.21. The molecule has 1 saturated heterocycles. The lowest BCUT2D eigenvalue weighted by Gasteiger charge is -2.42. The maximum absolute atomic E-state index is 12.6. The van der Waals surface area contributed by atoms with Crippen molar-refractivity contribution in [2.75, 3.05) is 13.7 Å². The number of carbonyl (C=O) groups is 2. The van der Waals surface area contributed by atoms with Gasteiger partial charge in [0.2, 0.25) is 0 Å². The number of benzene rings is 1. The summed E-state index contributed by atoms with van der Waals surface area (Å²) in [6.45, 7) is 8.13. The van der Waals surface area contributed by atoms with Crippen LogP contribution in [-0.4, -0.2) is 36.2 Å². The molecule has 1 aliphatic heterocycles. The van der Waals surface area contributed by atoms with Crippen LogP contribution in [0.15, 0.2) is 43.0 Å². The third-order valence-corrected chi connectivity index (χ3v) is 5.21. The van der Waals surface area contributed by atoms with Crippen LogP contribution in [0.25, 0.3) is 0 Å². The Bertz CT molecular complexity index is 615. The molecule has 0 saturated carbocycles. The van der Waals surface area contributed by atoms with E-state index in [1.54, 1.807) is 13.0 Å². The second-order valence-electron chi connectivity index (χ2n) is 6.56. The molecular formula is C19H25NO4. The Morgan fingerprint density at radius 1 is 1.29 bits per heavy atom. The van der Waals surface area contributed by atoms with Gasteiger partial charge in [0, 0.05) is 12.0 Å². The van der Waals surface area contributed by atoms with Gasteiger partial charge in [0.15, 0.2) is 0 Å². The van der Waals surface area contributed by atoms with Crippen molar-refractivity contribution in [3.05, 3.63) is 48.6 Å². The Balaban J connectivity index is 2.19. The number of hydrogen-bond acceptors (Lipinski definition) is 4. The molecule has 24 heavy (non-hydrogen) atoms. The molecule has 5 heteroatoms. The standard InChI is InChI=1S/C19H25NO4/c1-5-11-18(2)12-13-20(19(18,3)16(21)23-4)17(22)24-14-15-9-7-6-8-10-15/h5-10H,1,11-14H2,2-4H3/t18-,19?/m1/s1. The summed E-state index contributed by atoms with van der Waals surface area (Å²) < 4.78 is 10.4. The van der Waals surface area contributed by atoms with Gasteiger partial charge in [-0.3, -0.25) is 4.90 Å². The van der Waals surface area contributed by atoms with E-state index in [0.717, 1.165) is 5.56 Å². The highest BCUT2D eigenvalue weighted by Crippen LogP contribution is 2.49. The van der Waals surface area contributed by atoms with Crippen LogP contribution in [0.5, 0.6) is 0 Å². The predicted octanol–water partition coefficient (Wildman–Crippen LogP) is 3.54. The number of hydrogen-bond donors (Lipinski definition) is 0. The van der Waals surface area contributed by atoms with Gasteiger partial charge in [-0.2, -0.15) is 0 Å². The number of nitrogens with zero attached hydrogens (tertiary/aromatic N) is 1. The van der Waals surface area contributed by atoms with Gasteiger partial charge in [-0.25, -0.2) is 9.59 Å². The smallest absolute Gasteiger partial charge is 0.411 e. The molecule has 1 fully saturated rings. The number of ether oxygens (including phenoxy) is 2. The number of methoxy groups -OCH3 is 1. The average Bonchev–Trinajstić information content (AvgIpc) is 2.86. The Morgan fingerprint density at radius 2 is 1.96 bits per heavy atom. The van der Waals surface area contributed by atoms with Crippen molar-refractivity contribution < 1.29 is 19.1 Å². The van der Waals surface area contributed by atoms with Crippen LogP contribution in [0, 0.1) is 5.41 Å². The SMILES string of the molecule is C=CC[C@]1(C)CCN(C(=O)OCc2ccccc2)C1(C)C(=O)OC. The summed E-state index contributed by atoms with van der Waals surface area (Å²) in [5.74, 6) is -0.430. The molecule has 1 heterocycles. The minimum absolute atomic E-state index is 0.172. The van der Waals surface area contributed by atoms with E-state index in [1.165, 1.54) is 12.0 Å². The fraction of sp³-hybridized carbons (Fsp3) is 0.474. The number of esters is 1. The van der Waals surface area contributed by atoms with Crippen LogP contribution in [0.1, 0.15) is 32.3 Å². The Hall–Kier alpha value is -2.30. The molecule has 1 aromatic rings. The molecule has 0 N–H and O–H groups in total. The Labute approximate surface area is 143 Å². The van der Waals surface area contributed by atoms with Crippen LogP contribution in [0.3, 0.4) is 0 Å². The lowest BCUT2D eigenvalue weighted by atomic mass is 9.70. The van der Waals surface area contributed by atoms with E-state index in [2.05, 4.69) is 6.58 Å². The van der Waals surface area contributed by atoms with Gasteiger partial charge in [0.25, 0.3) is 0 Å². The molecule has 130 valence electrons. The highest BCUT2D eigenvalue weighted by atomic mass is 16.6. The monoisotopic (exact) mass is 331 g/mol. The molecule has 5 nitrogen and oxygen atoms in total. The van der Waals surface area contributed by atoms with Crippen LogP contribution in [-0.2, 0) is 20.9 Å². The zero-order chi connectivity index (χ0) is 17.8. The molecule has 2 rings (SSSR count). The summed E-state index contributed by atoms with van der Waals surface area (Å²) in [5.41, 5.74) is -0.615. The average molecular weight is 331 g/mol. The van der Waals surface area contributed by atoms with E-state index >= 15 is 0 Å². The van der Waals surface area contributed by atoms with Gasteiger partial charge in [-0.15, -0.1) is 6.58 Å². The Kier molecular flexibility index (Phi) is 5.32. The normalized spacial score (nSPS) is 26.0. The van der Waals surface area contributed by atoms with E-state index in [9.17, 15) is 9.59 Å². The molecule has 1 unspecified atom stereocenters. The van der Waals surface area contributed by atoms with Crippen molar-refractivity contribution in [3.63, 3.8) is 0 Å². The van der Waals surface area contributed by atoms with Crippen molar-refractivity contribution >= 4 is 12.1 Å². The van der Waals surface area contributed by atoms with E-state index in [0.29, 0.717) is 19.4 Å². The summed E-state index contributed by atoms with van der Waals surface area (Å²) in [7, 11) is 1.34. The fourth-order valence-electron chi connectivity index (χ4n) is 3.40. The quantitative estimate of drug-likeness (QED) is 0.612. The van der Waals surface area contributed by atoms with E-state index in [1.807, 2.05) is 37.3 Å². The second kappa shape index (κ2) is 7.07. The topological polar surface area (TPSA) is 55.8 Å². The molecule has 0 aliphatic carbocycles. The first-order valence-corrected chi connectivity index (χ1v) is 8.06. The first kappa shape index (κ1) is 18.0. The lowest BCUT2D eigenvalue weighted by molar-refractivity contribution is -0.157. The number of allylic oxidation sites excluding steroid dienone is 1. The lowest BCUT2D eigenvalue weighted by Crippen LogP contribution is -2.58. The van der Waals surface area contributed by atoms with Crippen molar-refractivity contribution in [2.45, 2.75) is 38.8 Å². The van der Waals surface area contributed by atoms with Crippen LogP contribution in [0.4, 0.5) is 4.79 Å². The number of amides is 1. The summed E-state index contributed by atoms with van der Waals surface area (Å²) in [6.07, 6.45) is 2.58. The number of likely N-dealkylation sites (tertiary alicyclic amines) is 1. The van der Waals surface area contributed by atoms with Crippen molar-refractivity contribution in [1.82, 2.24) is 4.90 Å². The van der Waals surface area contributed by atoms with Gasteiger partial charge in [-0.1, -0.05) is 43.3 Å². The molecule has 0 bridgehead atoms. The van der Waals surface area contributed by atoms with Crippen molar-refractivity contribution in [1.29, 1.82) is 0 Å². The van der Waals surface area contributed by atoms with Crippen molar-refractivity contribution in [3.8, 4) is 0 Å². The third kappa shape index (κ3) is 3.03. The molecule has 0 radical (unpaired) electrons. The van der Waals surface area contributed by atoms with Gasteiger partial charge in [0.1, 0.15) is 12.1 Å². The fourth-order valence-corrected chi connectivity index (χ4v) is 3.40. The van der Waals surface area contributed by atoms with E-state index in [-0.39, 0.29) is 6.61 Å². The van der Waals surface area contributed by atoms with Crippen LogP contribution in [0.2, 0.25) is 0 Å². The first-order chi connectivity index (χ1) is 11.4. The largest absolute Gasteiger partial charge is 0.467 e. The van der Waals surface area contributed by atoms with Crippen molar-refractivity contribution in [2.24, 2.45) is 5.41 Å². The highest BCUT2D eigenvalue weighted by molar-refractivity contribution is 5.87. The van der Waals surface area contributed by atoms with Gasteiger partial charge in [-0.05, 0) is 25.3 Å². The number of rotatable bonds is 5. The summed E-state index contributed by atoms with van der Waals surface area (Å²) >= 11 is 0. The van der Waals surface area contributed by atoms with E-state index in [4.69, 9.17) is 9.47 Å². The Morgan fingerprint density at radius 3 is 2.54 bits per heavy atom.